The first kappa shape index (κ1) is 9.95. The molecule has 12 heavy (non-hydrogen) atoms. The van der Waals surface area contributed by atoms with E-state index in [9.17, 15) is 8.42 Å². The fourth-order valence-electron chi connectivity index (χ4n) is 1.43. The van der Waals surface area contributed by atoms with Crippen LogP contribution >= 0.6 is 0 Å². The minimum absolute atomic E-state index is 0.110. The molecule has 1 rings (SSSR count). The van der Waals surface area contributed by atoms with Gasteiger partial charge in [-0.05, 0) is 14.1 Å². The largest absolute Gasteiger partial charge is 0.311 e. The fraction of sp³-hybridized carbons (Fsp3) is 1.00. The number of sulfone groups is 1. The SMILES string of the molecule is CN(C)CC1CS(=O)(=O)CCN1. The van der Waals surface area contributed by atoms with E-state index in [1.807, 2.05) is 19.0 Å². The van der Waals surface area contributed by atoms with Crippen molar-refractivity contribution in [3.8, 4) is 0 Å². The van der Waals surface area contributed by atoms with Crippen molar-refractivity contribution in [3.63, 3.8) is 0 Å². The Labute approximate surface area is 73.9 Å². The standard InChI is InChI=1S/C7H16N2O2S/c1-9(2)5-7-6-12(10,11)4-3-8-7/h7-8H,3-6H2,1-2H3. The van der Waals surface area contributed by atoms with Crippen molar-refractivity contribution in [2.24, 2.45) is 0 Å². The van der Waals surface area contributed by atoms with E-state index in [0.29, 0.717) is 6.54 Å². The third-order valence-electron chi connectivity index (χ3n) is 1.89. The van der Waals surface area contributed by atoms with Crippen LogP contribution in [0, 0.1) is 0 Å². The monoisotopic (exact) mass is 192 g/mol. The van der Waals surface area contributed by atoms with Crippen molar-refractivity contribution in [1.29, 1.82) is 0 Å². The van der Waals surface area contributed by atoms with Gasteiger partial charge in [0.05, 0.1) is 11.5 Å². The van der Waals surface area contributed by atoms with Crippen LogP contribution in [0.3, 0.4) is 0 Å². The molecule has 1 aliphatic rings. The Bertz CT molecular complexity index is 236. The van der Waals surface area contributed by atoms with Crippen molar-refractivity contribution in [1.82, 2.24) is 10.2 Å². The van der Waals surface area contributed by atoms with Crippen molar-refractivity contribution in [3.05, 3.63) is 0 Å². The van der Waals surface area contributed by atoms with Gasteiger partial charge >= 0.3 is 0 Å². The van der Waals surface area contributed by atoms with E-state index in [0.717, 1.165) is 6.54 Å². The summed E-state index contributed by atoms with van der Waals surface area (Å²) in [6.07, 6.45) is 0. The van der Waals surface area contributed by atoms with Gasteiger partial charge in [-0.2, -0.15) is 0 Å². The highest BCUT2D eigenvalue weighted by Gasteiger charge is 2.23. The van der Waals surface area contributed by atoms with Gasteiger partial charge in [0.1, 0.15) is 0 Å². The topological polar surface area (TPSA) is 49.4 Å². The zero-order valence-electron chi connectivity index (χ0n) is 7.58. The van der Waals surface area contributed by atoms with E-state index >= 15 is 0 Å². The Morgan fingerprint density at radius 3 is 2.67 bits per heavy atom. The third-order valence-corrected chi connectivity index (χ3v) is 3.62. The van der Waals surface area contributed by atoms with Crippen LogP contribution in [0.2, 0.25) is 0 Å². The van der Waals surface area contributed by atoms with Gasteiger partial charge < -0.3 is 10.2 Å². The maximum atomic E-state index is 11.2. The lowest BCUT2D eigenvalue weighted by Crippen LogP contribution is -2.49. The van der Waals surface area contributed by atoms with Crippen molar-refractivity contribution in [2.45, 2.75) is 6.04 Å². The molecule has 1 heterocycles. The molecule has 1 aliphatic heterocycles. The molecule has 0 radical (unpaired) electrons. The Morgan fingerprint density at radius 1 is 1.50 bits per heavy atom. The van der Waals surface area contributed by atoms with Crippen LogP contribution < -0.4 is 5.32 Å². The maximum Gasteiger partial charge on any atom is 0.153 e. The Morgan fingerprint density at radius 2 is 2.17 bits per heavy atom. The molecule has 0 aromatic carbocycles. The zero-order chi connectivity index (χ0) is 9.19. The maximum absolute atomic E-state index is 11.2. The predicted molar refractivity (Wildman–Crippen MR) is 49.0 cm³/mol. The summed E-state index contributed by atoms with van der Waals surface area (Å²) in [5, 5.41) is 3.19. The minimum atomic E-state index is -2.77. The van der Waals surface area contributed by atoms with Gasteiger partial charge in [-0.1, -0.05) is 0 Å². The molecule has 1 unspecified atom stereocenters. The van der Waals surface area contributed by atoms with Crippen LogP contribution in [0.25, 0.3) is 0 Å². The van der Waals surface area contributed by atoms with Crippen molar-refractivity contribution in [2.75, 3.05) is 38.7 Å². The van der Waals surface area contributed by atoms with Crippen LogP contribution in [-0.4, -0.2) is 58.1 Å². The molecule has 72 valence electrons. The molecule has 0 bridgehead atoms. The van der Waals surface area contributed by atoms with E-state index in [1.165, 1.54) is 0 Å². The van der Waals surface area contributed by atoms with Gasteiger partial charge in [0, 0.05) is 19.1 Å². The average Bonchev–Trinajstić information content (AvgIpc) is 1.82. The van der Waals surface area contributed by atoms with Crippen LogP contribution in [-0.2, 0) is 9.84 Å². The summed E-state index contributed by atoms with van der Waals surface area (Å²) in [4.78, 5) is 2.00. The molecule has 1 N–H and O–H groups in total. The summed E-state index contributed by atoms with van der Waals surface area (Å²) in [5.41, 5.74) is 0. The Hall–Kier alpha value is -0.130. The summed E-state index contributed by atoms with van der Waals surface area (Å²) < 4.78 is 22.4. The molecule has 0 saturated carbocycles. The van der Waals surface area contributed by atoms with Crippen LogP contribution in [0.4, 0.5) is 0 Å². The summed E-state index contributed by atoms with van der Waals surface area (Å²) >= 11 is 0. The molecule has 4 nitrogen and oxygen atoms in total. The van der Waals surface area contributed by atoms with E-state index in [1.54, 1.807) is 0 Å². The molecule has 0 aromatic heterocycles. The highest BCUT2D eigenvalue weighted by molar-refractivity contribution is 7.91. The predicted octanol–water partition coefficient (Wildman–Crippen LogP) is -1.07. The molecule has 1 saturated heterocycles. The quantitative estimate of drug-likeness (QED) is 0.605. The minimum Gasteiger partial charge on any atom is -0.311 e. The van der Waals surface area contributed by atoms with Gasteiger partial charge in [0.25, 0.3) is 0 Å². The molecule has 0 aliphatic carbocycles. The molecule has 5 heteroatoms. The van der Waals surface area contributed by atoms with Crippen molar-refractivity contribution < 1.29 is 8.42 Å². The van der Waals surface area contributed by atoms with Gasteiger partial charge in [-0.25, -0.2) is 8.42 Å². The lowest BCUT2D eigenvalue weighted by molar-refractivity contribution is 0.349. The lowest BCUT2D eigenvalue weighted by Gasteiger charge is -2.26. The summed E-state index contributed by atoms with van der Waals surface area (Å²) in [5.74, 6) is 0.572. The van der Waals surface area contributed by atoms with Crippen LogP contribution in [0.1, 0.15) is 0 Å². The number of nitrogens with one attached hydrogen (secondary N) is 1. The van der Waals surface area contributed by atoms with Crippen LogP contribution in [0.5, 0.6) is 0 Å². The average molecular weight is 192 g/mol. The molecular formula is C7H16N2O2S. The van der Waals surface area contributed by atoms with Gasteiger partial charge in [-0.3, -0.25) is 0 Å². The molecular weight excluding hydrogens is 176 g/mol. The van der Waals surface area contributed by atoms with E-state index in [-0.39, 0.29) is 17.5 Å². The zero-order valence-corrected chi connectivity index (χ0v) is 8.39. The normalized spacial score (nSPS) is 29.1. The summed E-state index contributed by atoms with van der Waals surface area (Å²) in [6, 6.07) is 0.110. The second kappa shape index (κ2) is 3.72. The fourth-order valence-corrected chi connectivity index (χ4v) is 2.86. The van der Waals surface area contributed by atoms with Gasteiger partial charge in [-0.15, -0.1) is 0 Å². The summed E-state index contributed by atoms with van der Waals surface area (Å²) in [7, 11) is 1.13. The van der Waals surface area contributed by atoms with Crippen LogP contribution in [0.15, 0.2) is 0 Å². The third kappa shape index (κ3) is 3.08. The second-order valence-corrected chi connectivity index (χ2v) is 5.76. The first-order valence-electron chi connectivity index (χ1n) is 4.08. The number of likely N-dealkylation sites (N-methyl/N-ethyl adjacent to an activating group) is 1. The first-order valence-corrected chi connectivity index (χ1v) is 5.90. The van der Waals surface area contributed by atoms with E-state index in [4.69, 9.17) is 0 Å². The van der Waals surface area contributed by atoms with Gasteiger partial charge in [0.15, 0.2) is 9.84 Å². The highest BCUT2D eigenvalue weighted by atomic mass is 32.2. The number of rotatable bonds is 2. The van der Waals surface area contributed by atoms with E-state index in [2.05, 4.69) is 5.32 Å². The van der Waals surface area contributed by atoms with E-state index < -0.39 is 9.84 Å². The second-order valence-electron chi connectivity index (χ2n) is 3.53. The summed E-state index contributed by atoms with van der Waals surface area (Å²) in [6.45, 7) is 1.39. The molecule has 0 amide bonds. The van der Waals surface area contributed by atoms with Crippen molar-refractivity contribution >= 4 is 9.84 Å². The first-order chi connectivity index (χ1) is 5.49. The molecule has 1 fully saturated rings. The molecule has 1 atom stereocenters. The number of hydrogen-bond acceptors (Lipinski definition) is 4. The Balaban J connectivity index is 2.47. The number of nitrogens with zero attached hydrogens (tertiary/aromatic N) is 1. The van der Waals surface area contributed by atoms with Gasteiger partial charge in [0.2, 0.25) is 0 Å². The highest BCUT2D eigenvalue weighted by Crippen LogP contribution is 2.01. The number of hydrogen-bond donors (Lipinski definition) is 1. The smallest absolute Gasteiger partial charge is 0.153 e. The molecule has 0 spiro atoms. The Kier molecular flexibility index (Phi) is 3.09. The molecule has 0 aromatic rings. The lowest BCUT2D eigenvalue weighted by atomic mass is 10.3.